The van der Waals surface area contributed by atoms with Crippen LogP contribution in [0.25, 0.3) is 0 Å². The Hall–Kier alpha value is -1.99. The van der Waals surface area contributed by atoms with Crippen molar-refractivity contribution in [3.63, 3.8) is 0 Å². The Morgan fingerprint density at radius 3 is 2.43 bits per heavy atom. The monoisotopic (exact) mass is 383 g/mol. The van der Waals surface area contributed by atoms with Crippen LogP contribution in [0.15, 0.2) is 16.7 Å². The molecule has 3 fully saturated rings. The molecule has 0 unspecified atom stereocenters. The van der Waals surface area contributed by atoms with Gasteiger partial charge in [0.2, 0.25) is 0 Å². The fourth-order valence-corrected chi connectivity index (χ4v) is 4.21. The van der Waals surface area contributed by atoms with Crippen LogP contribution in [0.1, 0.15) is 60.6 Å². The van der Waals surface area contributed by atoms with Gasteiger partial charge in [0.1, 0.15) is 17.9 Å². The number of piperazine rings is 1. The Morgan fingerprint density at radius 2 is 1.75 bits per heavy atom. The second kappa shape index (κ2) is 7.79. The first-order valence-electron chi connectivity index (χ1n) is 10.6. The minimum absolute atomic E-state index is 0.518. The molecule has 2 saturated heterocycles. The van der Waals surface area contributed by atoms with Crippen molar-refractivity contribution in [1.29, 1.82) is 0 Å². The molecule has 1 saturated carbocycles. The molecule has 28 heavy (non-hydrogen) atoms. The molecule has 0 radical (unpaired) electrons. The van der Waals surface area contributed by atoms with Crippen molar-refractivity contribution in [3.05, 3.63) is 35.4 Å². The Bertz CT molecular complexity index is 805. The molecule has 2 aliphatic heterocycles. The molecule has 0 N–H and O–H groups in total. The maximum atomic E-state index is 5.55. The molecule has 2 aromatic heterocycles. The number of hydrogen-bond donors (Lipinski definition) is 0. The van der Waals surface area contributed by atoms with Gasteiger partial charge in [-0.25, -0.2) is 15.0 Å². The maximum absolute atomic E-state index is 5.55. The number of nitrogens with zero attached hydrogens (tertiary/aromatic N) is 5. The van der Waals surface area contributed by atoms with Gasteiger partial charge in [-0.15, -0.1) is 0 Å². The predicted molar refractivity (Wildman–Crippen MR) is 106 cm³/mol. The molecule has 0 bridgehead atoms. The number of aromatic nitrogens is 3. The third-order valence-electron chi connectivity index (χ3n) is 6.08. The first-order chi connectivity index (χ1) is 13.7. The van der Waals surface area contributed by atoms with Crippen molar-refractivity contribution in [2.24, 2.45) is 0 Å². The Kier molecular flexibility index (Phi) is 5.03. The van der Waals surface area contributed by atoms with E-state index in [1.54, 1.807) is 6.26 Å². The molecule has 150 valence electrons. The average molecular weight is 383 g/mol. The Balaban J connectivity index is 1.28. The summed E-state index contributed by atoms with van der Waals surface area (Å²) in [7, 11) is 0. The predicted octanol–water partition coefficient (Wildman–Crippen LogP) is 2.87. The summed E-state index contributed by atoms with van der Waals surface area (Å²) < 4.78 is 10.9. The van der Waals surface area contributed by atoms with Crippen LogP contribution in [0, 0.1) is 6.92 Å². The van der Waals surface area contributed by atoms with E-state index in [9.17, 15) is 0 Å². The van der Waals surface area contributed by atoms with Gasteiger partial charge in [-0.1, -0.05) is 0 Å². The van der Waals surface area contributed by atoms with Crippen LogP contribution in [0.4, 0.5) is 5.82 Å². The lowest BCUT2D eigenvalue weighted by molar-refractivity contribution is 0.0844. The summed E-state index contributed by atoms with van der Waals surface area (Å²) in [5.74, 6) is 4.03. The van der Waals surface area contributed by atoms with E-state index in [1.807, 2.05) is 6.92 Å². The molecular weight excluding hydrogens is 354 g/mol. The minimum Gasteiger partial charge on any atom is -0.449 e. The van der Waals surface area contributed by atoms with Gasteiger partial charge in [-0.05, 0) is 25.7 Å². The second-order valence-electron chi connectivity index (χ2n) is 8.29. The van der Waals surface area contributed by atoms with Crippen molar-refractivity contribution in [1.82, 2.24) is 19.9 Å². The van der Waals surface area contributed by atoms with Crippen LogP contribution >= 0.6 is 0 Å². The van der Waals surface area contributed by atoms with E-state index in [0.717, 1.165) is 82.0 Å². The first kappa shape index (κ1) is 18.1. The molecule has 7 nitrogen and oxygen atoms in total. The van der Waals surface area contributed by atoms with Crippen molar-refractivity contribution in [3.8, 4) is 0 Å². The highest BCUT2D eigenvalue weighted by Gasteiger charge is 2.30. The van der Waals surface area contributed by atoms with E-state index in [0.29, 0.717) is 11.8 Å². The van der Waals surface area contributed by atoms with Crippen LogP contribution in [0.5, 0.6) is 0 Å². The molecule has 1 aliphatic carbocycles. The molecule has 0 amide bonds. The van der Waals surface area contributed by atoms with Crippen molar-refractivity contribution < 1.29 is 9.15 Å². The zero-order valence-corrected chi connectivity index (χ0v) is 16.6. The summed E-state index contributed by atoms with van der Waals surface area (Å²) in [5, 5.41) is 0. The lowest BCUT2D eigenvalue weighted by Gasteiger charge is -2.35. The van der Waals surface area contributed by atoms with Gasteiger partial charge in [0, 0.05) is 76.5 Å². The van der Waals surface area contributed by atoms with Gasteiger partial charge in [-0.3, -0.25) is 4.90 Å². The van der Waals surface area contributed by atoms with Crippen LogP contribution in [0.3, 0.4) is 0 Å². The number of ether oxygens (including phenoxy) is 1. The number of aryl methyl sites for hydroxylation is 1. The van der Waals surface area contributed by atoms with Gasteiger partial charge >= 0.3 is 0 Å². The number of oxazole rings is 1. The summed E-state index contributed by atoms with van der Waals surface area (Å²) in [5.41, 5.74) is 2.25. The quantitative estimate of drug-likeness (QED) is 0.786. The van der Waals surface area contributed by atoms with E-state index < -0.39 is 0 Å². The van der Waals surface area contributed by atoms with E-state index in [2.05, 4.69) is 20.9 Å². The number of rotatable bonds is 5. The summed E-state index contributed by atoms with van der Waals surface area (Å²) >= 11 is 0. The molecule has 5 rings (SSSR count). The molecule has 0 atom stereocenters. The van der Waals surface area contributed by atoms with Crippen LogP contribution in [-0.2, 0) is 11.3 Å². The first-order valence-corrected chi connectivity index (χ1v) is 10.6. The fraction of sp³-hybridized carbons (Fsp3) is 0.667. The summed E-state index contributed by atoms with van der Waals surface area (Å²) in [6.45, 7) is 8.46. The number of hydrogen-bond acceptors (Lipinski definition) is 7. The van der Waals surface area contributed by atoms with E-state index >= 15 is 0 Å². The molecule has 3 aliphatic rings. The molecule has 2 aromatic rings. The SMILES string of the molecule is Cc1nc(CN2CCN(c3cc(C4CCOCC4)nc(C4CC4)n3)CC2)co1. The van der Waals surface area contributed by atoms with Crippen molar-refractivity contribution in [2.45, 2.75) is 51.0 Å². The molecule has 0 spiro atoms. The summed E-state index contributed by atoms with van der Waals surface area (Å²) in [6.07, 6.45) is 6.40. The highest BCUT2D eigenvalue weighted by atomic mass is 16.5. The Morgan fingerprint density at radius 1 is 0.964 bits per heavy atom. The van der Waals surface area contributed by atoms with Gasteiger partial charge in [0.25, 0.3) is 0 Å². The van der Waals surface area contributed by atoms with Crippen molar-refractivity contribution in [2.75, 3.05) is 44.3 Å². The van der Waals surface area contributed by atoms with Gasteiger partial charge in [-0.2, -0.15) is 0 Å². The van der Waals surface area contributed by atoms with E-state index in [1.165, 1.54) is 18.5 Å². The molecule has 0 aromatic carbocycles. The molecule has 4 heterocycles. The van der Waals surface area contributed by atoms with Crippen LogP contribution < -0.4 is 4.90 Å². The highest BCUT2D eigenvalue weighted by Crippen LogP contribution is 2.40. The smallest absolute Gasteiger partial charge is 0.191 e. The largest absolute Gasteiger partial charge is 0.449 e. The normalized spacial score (nSPS) is 22.0. The van der Waals surface area contributed by atoms with Crippen molar-refractivity contribution >= 4 is 5.82 Å². The maximum Gasteiger partial charge on any atom is 0.191 e. The van der Waals surface area contributed by atoms with E-state index in [-0.39, 0.29) is 0 Å². The highest BCUT2D eigenvalue weighted by molar-refractivity contribution is 5.42. The lowest BCUT2D eigenvalue weighted by atomic mass is 9.96. The zero-order valence-electron chi connectivity index (χ0n) is 16.6. The Labute approximate surface area is 166 Å². The summed E-state index contributed by atoms with van der Waals surface area (Å²) in [4.78, 5) is 19.2. The molecule has 7 heteroatoms. The summed E-state index contributed by atoms with van der Waals surface area (Å²) in [6, 6.07) is 2.25. The molecular formula is C21H29N5O2. The fourth-order valence-electron chi connectivity index (χ4n) is 4.21. The zero-order chi connectivity index (χ0) is 18.9. The lowest BCUT2D eigenvalue weighted by Crippen LogP contribution is -2.46. The van der Waals surface area contributed by atoms with Crippen LogP contribution in [-0.4, -0.2) is 59.2 Å². The second-order valence-corrected chi connectivity index (χ2v) is 8.29. The van der Waals surface area contributed by atoms with Gasteiger partial charge < -0.3 is 14.1 Å². The number of anilines is 1. The topological polar surface area (TPSA) is 67.5 Å². The van der Waals surface area contributed by atoms with E-state index in [4.69, 9.17) is 19.1 Å². The van der Waals surface area contributed by atoms with Gasteiger partial charge in [0.15, 0.2) is 5.89 Å². The van der Waals surface area contributed by atoms with Crippen LogP contribution in [0.2, 0.25) is 0 Å². The third-order valence-corrected chi connectivity index (χ3v) is 6.08. The standard InChI is InChI=1S/C21H29N5O2/c1-15-22-18(14-28-15)13-25-6-8-26(9-7-25)20-12-19(16-4-10-27-11-5-16)23-21(24-20)17-2-3-17/h12,14,16-17H,2-11,13H2,1H3. The van der Waals surface area contributed by atoms with Gasteiger partial charge in [0.05, 0.1) is 5.69 Å². The third kappa shape index (κ3) is 4.05. The average Bonchev–Trinajstić information content (AvgIpc) is 3.51. The minimum atomic E-state index is 0.518.